The molecule has 0 bridgehead atoms. The zero-order valence-electron chi connectivity index (χ0n) is 11.2. The van der Waals surface area contributed by atoms with Crippen molar-refractivity contribution < 1.29 is 24.5 Å². The first-order valence-electron chi connectivity index (χ1n) is 6.48. The Labute approximate surface area is 117 Å². The molecule has 2 aliphatic rings. The molecule has 0 aromatic carbocycles. The van der Waals surface area contributed by atoms with Gasteiger partial charge in [-0.1, -0.05) is 19.7 Å². The lowest BCUT2D eigenvalue weighted by Crippen LogP contribution is -2.37. The van der Waals surface area contributed by atoms with Crippen molar-refractivity contribution in [1.82, 2.24) is 0 Å². The molecule has 5 heteroatoms. The van der Waals surface area contributed by atoms with Crippen LogP contribution >= 0.6 is 0 Å². The van der Waals surface area contributed by atoms with Crippen LogP contribution in [0.25, 0.3) is 0 Å². The van der Waals surface area contributed by atoms with E-state index in [4.69, 9.17) is 4.74 Å². The number of aliphatic hydroxyl groups is 2. The molecule has 1 heterocycles. The first-order valence-corrected chi connectivity index (χ1v) is 6.48. The SMILES string of the molecule is C=C1CCC(O)C(=C)CC(O)C2C(=C)C(=O)OC2C1=O. The second-order valence-corrected chi connectivity index (χ2v) is 5.33. The monoisotopic (exact) mass is 278 g/mol. The van der Waals surface area contributed by atoms with Gasteiger partial charge < -0.3 is 14.9 Å². The predicted octanol–water partition coefficient (Wildman–Crippen LogP) is 0.671. The van der Waals surface area contributed by atoms with Crippen molar-refractivity contribution in [3.05, 3.63) is 36.5 Å². The zero-order valence-corrected chi connectivity index (χ0v) is 11.2. The van der Waals surface area contributed by atoms with E-state index in [-0.39, 0.29) is 17.6 Å². The van der Waals surface area contributed by atoms with Gasteiger partial charge in [0.1, 0.15) is 0 Å². The molecule has 0 aromatic rings. The summed E-state index contributed by atoms with van der Waals surface area (Å²) in [5.74, 6) is -1.90. The fourth-order valence-corrected chi connectivity index (χ4v) is 2.60. The van der Waals surface area contributed by atoms with E-state index in [1.165, 1.54) is 0 Å². The van der Waals surface area contributed by atoms with Crippen molar-refractivity contribution in [2.24, 2.45) is 5.92 Å². The molecular weight excluding hydrogens is 260 g/mol. The molecule has 5 nitrogen and oxygen atoms in total. The molecule has 2 rings (SSSR count). The second-order valence-electron chi connectivity index (χ2n) is 5.33. The number of ether oxygens (including phenoxy) is 1. The topological polar surface area (TPSA) is 83.8 Å². The number of rotatable bonds is 0. The third kappa shape index (κ3) is 2.46. The van der Waals surface area contributed by atoms with E-state index in [2.05, 4.69) is 19.7 Å². The van der Waals surface area contributed by atoms with Gasteiger partial charge in [0.2, 0.25) is 0 Å². The van der Waals surface area contributed by atoms with Gasteiger partial charge in [0.15, 0.2) is 11.9 Å². The van der Waals surface area contributed by atoms with E-state index in [1.807, 2.05) is 0 Å². The summed E-state index contributed by atoms with van der Waals surface area (Å²) in [5, 5.41) is 20.1. The minimum atomic E-state index is -1.07. The molecule has 0 aromatic heterocycles. The van der Waals surface area contributed by atoms with Gasteiger partial charge in [-0.15, -0.1) is 0 Å². The predicted molar refractivity (Wildman–Crippen MR) is 71.7 cm³/mol. The highest BCUT2D eigenvalue weighted by atomic mass is 16.6. The Morgan fingerprint density at radius 2 is 1.80 bits per heavy atom. The number of esters is 1. The Balaban J connectivity index is 2.36. The number of hydrogen-bond acceptors (Lipinski definition) is 5. The number of aliphatic hydroxyl groups excluding tert-OH is 2. The van der Waals surface area contributed by atoms with Crippen LogP contribution in [0.4, 0.5) is 0 Å². The molecule has 2 fully saturated rings. The minimum Gasteiger partial charge on any atom is -0.450 e. The summed E-state index contributed by atoms with van der Waals surface area (Å²) in [5.41, 5.74) is 0.806. The van der Waals surface area contributed by atoms with E-state index in [1.54, 1.807) is 0 Å². The molecular formula is C15H18O5. The largest absolute Gasteiger partial charge is 0.450 e. The minimum absolute atomic E-state index is 0.0755. The number of carbonyl (C=O) groups excluding carboxylic acids is 2. The van der Waals surface area contributed by atoms with Crippen LogP contribution in [-0.2, 0) is 14.3 Å². The summed E-state index contributed by atoms with van der Waals surface area (Å²) in [6, 6.07) is 0. The molecule has 1 saturated heterocycles. The number of carbonyl (C=O) groups is 2. The maximum absolute atomic E-state index is 12.2. The average molecular weight is 278 g/mol. The maximum Gasteiger partial charge on any atom is 0.334 e. The molecule has 1 aliphatic heterocycles. The van der Waals surface area contributed by atoms with Crippen molar-refractivity contribution in [3.63, 3.8) is 0 Å². The van der Waals surface area contributed by atoms with Crippen LogP contribution < -0.4 is 0 Å². The molecule has 1 aliphatic carbocycles. The van der Waals surface area contributed by atoms with Gasteiger partial charge in [0.25, 0.3) is 0 Å². The van der Waals surface area contributed by atoms with Crippen LogP contribution in [0.15, 0.2) is 36.5 Å². The zero-order chi connectivity index (χ0) is 15.0. The van der Waals surface area contributed by atoms with E-state index in [9.17, 15) is 19.8 Å². The van der Waals surface area contributed by atoms with Crippen LogP contribution in [0.1, 0.15) is 19.3 Å². The molecule has 4 unspecified atom stereocenters. The molecule has 20 heavy (non-hydrogen) atoms. The third-order valence-electron chi connectivity index (χ3n) is 3.91. The highest BCUT2D eigenvalue weighted by Gasteiger charge is 2.47. The van der Waals surface area contributed by atoms with E-state index in [0.717, 1.165) is 0 Å². The molecule has 1 saturated carbocycles. The van der Waals surface area contributed by atoms with E-state index < -0.39 is 36.0 Å². The van der Waals surface area contributed by atoms with Crippen LogP contribution in [0.5, 0.6) is 0 Å². The Kier molecular flexibility index (Phi) is 3.92. The van der Waals surface area contributed by atoms with Crippen molar-refractivity contribution in [1.29, 1.82) is 0 Å². The Morgan fingerprint density at radius 1 is 1.15 bits per heavy atom. The van der Waals surface area contributed by atoms with Crippen LogP contribution in [-0.4, -0.2) is 40.3 Å². The number of fused-ring (bicyclic) bond motifs is 1. The highest BCUT2D eigenvalue weighted by Crippen LogP contribution is 2.35. The second kappa shape index (κ2) is 5.34. The summed E-state index contributed by atoms with van der Waals surface area (Å²) in [6.45, 7) is 11.0. The van der Waals surface area contributed by atoms with Gasteiger partial charge >= 0.3 is 5.97 Å². The van der Waals surface area contributed by atoms with Crippen LogP contribution in [0, 0.1) is 5.92 Å². The normalized spacial score (nSPS) is 35.8. The quantitative estimate of drug-likeness (QED) is 0.386. The molecule has 0 spiro atoms. The number of Topliss-reactive ketones (excluding diaryl/α,β-unsaturated/α-hetero) is 1. The summed E-state index contributed by atoms with van der Waals surface area (Å²) in [6.07, 6.45) is -2.23. The van der Waals surface area contributed by atoms with Crippen molar-refractivity contribution in [2.75, 3.05) is 0 Å². The van der Waals surface area contributed by atoms with E-state index in [0.29, 0.717) is 18.4 Å². The van der Waals surface area contributed by atoms with Gasteiger partial charge in [-0.05, 0) is 30.4 Å². The smallest absolute Gasteiger partial charge is 0.334 e. The lowest BCUT2D eigenvalue weighted by Gasteiger charge is -2.26. The molecule has 0 amide bonds. The first-order chi connectivity index (χ1) is 9.32. The van der Waals surface area contributed by atoms with Crippen molar-refractivity contribution >= 4 is 11.8 Å². The average Bonchev–Trinajstić information content (AvgIpc) is 2.69. The van der Waals surface area contributed by atoms with Crippen molar-refractivity contribution in [3.8, 4) is 0 Å². The van der Waals surface area contributed by atoms with Gasteiger partial charge in [-0.25, -0.2) is 4.79 Å². The molecule has 0 radical (unpaired) electrons. The Bertz CT molecular complexity index is 504. The van der Waals surface area contributed by atoms with Crippen molar-refractivity contribution in [2.45, 2.75) is 37.6 Å². The van der Waals surface area contributed by atoms with Gasteiger partial charge in [-0.3, -0.25) is 4.79 Å². The van der Waals surface area contributed by atoms with Crippen LogP contribution in [0.3, 0.4) is 0 Å². The summed E-state index contributed by atoms with van der Waals surface area (Å²) < 4.78 is 5.02. The van der Waals surface area contributed by atoms with E-state index >= 15 is 0 Å². The molecule has 108 valence electrons. The van der Waals surface area contributed by atoms with Gasteiger partial charge in [-0.2, -0.15) is 0 Å². The standard InChI is InChI=1S/C15H18O5/c1-7-4-5-10(16)8(2)6-11(17)12-9(3)15(19)20-14(12)13(7)18/h10-12,14,16-17H,1-6H2. The Hall–Kier alpha value is -1.72. The lowest BCUT2D eigenvalue weighted by molar-refractivity contribution is -0.146. The number of ketones is 1. The highest BCUT2D eigenvalue weighted by molar-refractivity contribution is 6.04. The summed E-state index contributed by atoms with van der Waals surface area (Å²) in [7, 11) is 0. The first kappa shape index (κ1) is 14.7. The summed E-state index contributed by atoms with van der Waals surface area (Å²) in [4.78, 5) is 23.8. The lowest BCUT2D eigenvalue weighted by atomic mass is 9.81. The number of hydrogen-bond donors (Lipinski definition) is 2. The summed E-state index contributed by atoms with van der Waals surface area (Å²) >= 11 is 0. The van der Waals surface area contributed by atoms with Gasteiger partial charge in [0.05, 0.1) is 18.1 Å². The third-order valence-corrected chi connectivity index (χ3v) is 3.91. The fraction of sp³-hybridized carbons (Fsp3) is 0.467. The van der Waals surface area contributed by atoms with Crippen LogP contribution in [0.2, 0.25) is 0 Å². The Morgan fingerprint density at radius 3 is 2.45 bits per heavy atom. The molecule has 2 N–H and O–H groups in total. The maximum atomic E-state index is 12.2. The fourth-order valence-electron chi connectivity index (χ4n) is 2.60. The van der Waals surface area contributed by atoms with Gasteiger partial charge in [0, 0.05) is 5.57 Å². The molecule has 4 atom stereocenters.